The number of hydrogen-bond donors (Lipinski definition) is 1. The summed E-state index contributed by atoms with van der Waals surface area (Å²) in [5.74, 6) is 0.827. The summed E-state index contributed by atoms with van der Waals surface area (Å²) in [5.41, 5.74) is 0.557. The number of hydrogen-bond acceptors (Lipinski definition) is 4. The molecule has 1 saturated heterocycles. The third-order valence-corrected chi connectivity index (χ3v) is 3.62. The predicted molar refractivity (Wildman–Crippen MR) is 69.0 cm³/mol. The van der Waals surface area contributed by atoms with Crippen LogP contribution in [0.25, 0.3) is 0 Å². The molecule has 18 heavy (non-hydrogen) atoms. The van der Waals surface area contributed by atoms with Crippen molar-refractivity contribution in [2.75, 3.05) is 32.1 Å². The van der Waals surface area contributed by atoms with Crippen LogP contribution >= 0.6 is 0 Å². The third kappa shape index (κ3) is 2.47. The molecule has 2 rings (SSSR count). The van der Waals surface area contributed by atoms with Crippen molar-refractivity contribution < 1.29 is 9.50 Å². The zero-order valence-electron chi connectivity index (χ0n) is 11.1. The lowest BCUT2D eigenvalue weighted by atomic mass is 10.1. The number of aliphatic hydroxyl groups excluding tert-OH is 1. The van der Waals surface area contributed by atoms with Gasteiger partial charge < -0.3 is 14.9 Å². The molecule has 0 radical (unpaired) electrons. The Balaban J connectivity index is 2.23. The Morgan fingerprint density at radius 1 is 1.50 bits per heavy atom. The first-order valence-corrected chi connectivity index (χ1v) is 6.19. The van der Waals surface area contributed by atoms with Crippen LogP contribution in [0.1, 0.15) is 12.5 Å². The van der Waals surface area contributed by atoms with Gasteiger partial charge in [-0.25, -0.2) is 9.37 Å². The fourth-order valence-corrected chi connectivity index (χ4v) is 2.67. The van der Waals surface area contributed by atoms with Crippen molar-refractivity contribution in [2.24, 2.45) is 5.92 Å². The molecule has 1 aromatic rings. The zero-order valence-corrected chi connectivity index (χ0v) is 11.1. The van der Waals surface area contributed by atoms with Crippen LogP contribution < -0.4 is 4.90 Å². The second kappa shape index (κ2) is 5.20. The lowest BCUT2D eigenvalue weighted by Crippen LogP contribution is -2.34. The van der Waals surface area contributed by atoms with E-state index in [2.05, 4.69) is 35.8 Å². The maximum absolute atomic E-state index is 13.1. The fourth-order valence-electron chi connectivity index (χ4n) is 2.67. The van der Waals surface area contributed by atoms with E-state index in [-0.39, 0.29) is 6.61 Å². The molecule has 2 atom stereocenters. The molecular weight excluding hydrogens is 233 g/mol. The second-order valence-electron chi connectivity index (χ2n) is 5.21. The van der Waals surface area contributed by atoms with Crippen LogP contribution in [0.2, 0.25) is 0 Å². The molecule has 1 aliphatic heterocycles. The molecule has 0 amide bonds. The van der Waals surface area contributed by atoms with E-state index in [1.807, 2.05) is 0 Å². The fraction of sp³-hybridized carbons (Fsp3) is 0.615. The summed E-state index contributed by atoms with van der Waals surface area (Å²) < 4.78 is 13.1. The highest BCUT2D eigenvalue weighted by atomic mass is 19.1. The maximum atomic E-state index is 13.1. The van der Waals surface area contributed by atoms with Gasteiger partial charge in [0.1, 0.15) is 11.6 Å². The van der Waals surface area contributed by atoms with Crippen molar-refractivity contribution in [2.45, 2.75) is 19.6 Å². The molecule has 1 fully saturated rings. The first-order chi connectivity index (χ1) is 8.52. The summed E-state index contributed by atoms with van der Waals surface area (Å²) in [6.07, 6.45) is 1.21. The minimum atomic E-state index is -0.404. The predicted octanol–water partition coefficient (Wildman–Crippen LogP) is 1.10. The minimum absolute atomic E-state index is 0.183. The van der Waals surface area contributed by atoms with Gasteiger partial charge in [-0.2, -0.15) is 0 Å². The summed E-state index contributed by atoms with van der Waals surface area (Å²) in [4.78, 5) is 8.46. The van der Waals surface area contributed by atoms with E-state index in [0.717, 1.165) is 13.1 Å². The molecule has 5 heteroatoms. The molecule has 0 aromatic carbocycles. The van der Waals surface area contributed by atoms with E-state index in [9.17, 15) is 9.50 Å². The van der Waals surface area contributed by atoms with E-state index in [1.54, 1.807) is 0 Å². The smallest absolute Gasteiger partial charge is 0.142 e. The first-order valence-electron chi connectivity index (χ1n) is 6.19. The summed E-state index contributed by atoms with van der Waals surface area (Å²) in [5, 5.41) is 9.30. The Kier molecular flexibility index (Phi) is 3.82. The van der Waals surface area contributed by atoms with Gasteiger partial charge >= 0.3 is 0 Å². The van der Waals surface area contributed by atoms with E-state index in [1.165, 1.54) is 12.3 Å². The summed E-state index contributed by atoms with van der Waals surface area (Å²) >= 11 is 0. The van der Waals surface area contributed by atoms with Crippen molar-refractivity contribution in [3.05, 3.63) is 23.6 Å². The van der Waals surface area contributed by atoms with Crippen LogP contribution in [0.3, 0.4) is 0 Å². The average Bonchev–Trinajstić information content (AvgIpc) is 2.71. The average molecular weight is 253 g/mol. The summed E-state index contributed by atoms with van der Waals surface area (Å²) in [6, 6.07) is 1.82. The van der Waals surface area contributed by atoms with Crippen LogP contribution in [0.5, 0.6) is 0 Å². The van der Waals surface area contributed by atoms with Gasteiger partial charge in [-0.3, -0.25) is 0 Å². The van der Waals surface area contributed by atoms with Crippen molar-refractivity contribution in [3.63, 3.8) is 0 Å². The number of nitrogens with zero attached hydrogens (tertiary/aromatic N) is 3. The number of rotatable bonds is 3. The number of pyridine rings is 1. The van der Waals surface area contributed by atoms with Gasteiger partial charge in [0, 0.05) is 24.7 Å². The molecule has 0 saturated carbocycles. The van der Waals surface area contributed by atoms with Crippen molar-refractivity contribution in [3.8, 4) is 0 Å². The van der Waals surface area contributed by atoms with Crippen LogP contribution in [-0.2, 0) is 6.61 Å². The Hall–Kier alpha value is -1.20. The van der Waals surface area contributed by atoms with Gasteiger partial charge in [-0.1, -0.05) is 6.92 Å². The highest BCUT2D eigenvalue weighted by molar-refractivity contribution is 5.48. The number of halogens is 1. The van der Waals surface area contributed by atoms with Crippen molar-refractivity contribution >= 4 is 5.82 Å². The number of aromatic nitrogens is 1. The largest absolute Gasteiger partial charge is 0.392 e. The highest BCUT2D eigenvalue weighted by Gasteiger charge is 2.32. The summed E-state index contributed by atoms with van der Waals surface area (Å²) in [6.45, 7) is 3.76. The van der Waals surface area contributed by atoms with Gasteiger partial charge in [0.25, 0.3) is 0 Å². The van der Waals surface area contributed by atoms with E-state index < -0.39 is 5.82 Å². The van der Waals surface area contributed by atoms with Gasteiger partial charge in [0.2, 0.25) is 0 Å². The second-order valence-corrected chi connectivity index (χ2v) is 5.21. The molecule has 1 aromatic heterocycles. The van der Waals surface area contributed by atoms with Crippen LogP contribution in [0.15, 0.2) is 12.3 Å². The Bertz CT molecular complexity index is 425. The molecule has 4 nitrogen and oxygen atoms in total. The monoisotopic (exact) mass is 253 g/mol. The van der Waals surface area contributed by atoms with E-state index >= 15 is 0 Å². The zero-order chi connectivity index (χ0) is 13.3. The van der Waals surface area contributed by atoms with Gasteiger partial charge in [-0.05, 0) is 26.1 Å². The lowest BCUT2D eigenvalue weighted by molar-refractivity contribution is 0.266. The molecule has 100 valence electrons. The molecule has 2 heterocycles. The molecule has 1 N–H and O–H groups in total. The van der Waals surface area contributed by atoms with E-state index in [4.69, 9.17) is 0 Å². The molecule has 1 aliphatic rings. The number of aliphatic hydroxyl groups is 1. The van der Waals surface area contributed by atoms with Crippen LogP contribution in [0, 0.1) is 11.7 Å². The van der Waals surface area contributed by atoms with Gasteiger partial charge in [0.05, 0.1) is 12.8 Å². The topological polar surface area (TPSA) is 39.6 Å². The maximum Gasteiger partial charge on any atom is 0.142 e. The molecule has 0 spiro atoms. The quantitative estimate of drug-likeness (QED) is 0.875. The van der Waals surface area contributed by atoms with Crippen LogP contribution in [-0.4, -0.2) is 48.2 Å². The third-order valence-electron chi connectivity index (χ3n) is 3.62. The van der Waals surface area contributed by atoms with Gasteiger partial charge in [0.15, 0.2) is 0 Å². The highest BCUT2D eigenvalue weighted by Crippen LogP contribution is 2.27. The standard InChI is InChI=1S/C13H20FN3O/c1-9-6-17(7-12(9)16(2)3)13-10(8-18)4-11(14)5-15-13/h4-5,9,12,18H,6-8H2,1-3H3. The molecular formula is C13H20FN3O. The van der Waals surface area contributed by atoms with Crippen molar-refractivity contribution in [1.29, 1.82) is 0 Å². The summed E-state index contributed by atoms with van der Waals surface area (Å²) in [7, 11) is 4.13. The van der Waals surface area contributed by atoms with Crippen LogP contribution in [0.4, 0.5) is 10.2 Å². The SMILES string of the molecule is CC1CN(c2ncc(F)cc2CO)CC1N(C)C. The number of likely N-dealkylation sites (N-methyl/N-ethyl adjacent to an activating group) is 1. The molecule has 0 aliphatic carbocycles. The number of anilines is 1. The van der Waals surface area contributed by atoms with Gasteiger partial charge in [-0.15, -0.1) is 0 Å². The minimum Gasteiger partial charge on any atom is -0.392 e. The lowest BCUT2D eigenvalue weighted by Gasteiger charge is -2.23. The van der Waals surface area contributed by atoms with E-state index in [0.29, 0.717) is 23.3 Å². The Labute approximate surface area is 107 Å². The Morgan fingerprint density at radius 2 is 2.22 bits per heavy atom. The normalized spacial score (nSPS) is 24.0. The molecule has 0 bridgehead atoms. The first kappa shape index (κ1) is 13.2. The molecule has 2 unspecified atom stereocenters. The Morgan fingerprint density at radius 3 is 2.78 bits per heavy atom. The van der Waals surface area contributed by atoms with Crippen molar-refractivity contribution in [1.82, 2.24) is 9.88 Å².